The molecule has 0 aromatic heterocycles. The summed E-state index contributed by atoms with van der Waals surface area (Å²) in [4.78, 5) is 2.46. The zero-order valence-electron chi connectivity index (χ0n) is 12.1. The fourth-order valence-electron chi connectivity index (χ4n) is 3.26. The van der Waals surface area contributed by atoms with Gasteiger partial charge in [-0.3, -0.25) is 4.90 Å². The first-order valence-electron chi connectivity index (χ1n) is 7.49. The van der Waals surface area contributed by atoms with Crippen LogP contribution in [0.2, 0.25) is 0 Å². The van der Waals surface area contributed by atoms with Crippen molar-refractivity contribution in [2.75, 3.05) is 19.6 Å². The maximum absolute atomic E-state index is 12.7. The van der Waals surface area contributed by atoms with Crippen LogP contribution in [0.15, 0.2) is 24.3 Å². The molecule has 112 valence electrons. The SMILES string of the molecule is CCCN1CCCC(CN)C1c1ccc(C(F)F)cc1. The number of nitrogens with two attached hydrogens (primary N) is 1. The highest BCUT2D eigenvalue weighted by atomic mass is 19.3. The van der Waals surface area contributed by atoms with E-state index in [9.17, 15) is 8.78 Å². The number of benzene rings is 1. The summed E-state index contributed by atoms with van der Waals surface area (Å²) in [5.41, 5.74) is 7.14. The molecule has 4 heteroatoms. The Kier molecular flexibility index (Phi) is 5.49. The predicted octanol–water partition coefficient (Wildman–Crippen LogP) is 3.75. The second-order valence-electron chi connectivity index (χ2n) is 5.59. The van der Waals surface area contributed by atoms with Crippen LogP contribution >= 0.6 is 0 Å². The van der Waals surface area contributed by atoms with Gasteiger partial charge in [0.1, 0.15) is 0 Å². The molecule has 0 saturated carbocycles. The van der Waals surface area contributed by atoms with E-state index in [1.54, 1.807) is 12.1 Å². The fourth-order valence-corrected chi connectivity index (χ4v) is 3.26. The smallest absolute Gasteiger partial charge is 0.263 e. The minimum Gasteiger partial charge on any atom is -0.330 e. The van der Waals surface area contributed by atoms with Crippen molar-refractivity contribution in [3.8, 4) is 0 Å². The molecule has 1 aliphatic rings. The Bertz CT molecular complexity index is 403. The monoisotopic (exact) mass is 282 g/mol. The Morgan fingerprint density at radius 1 is 1.30 bits per heavy atom. The average molecular weight is 282 g/mol. The van der Waals surface area contributed by atoms with Crippen molar-refractivity contribution < 1.29 is 8.78 Å². The quantitative estimate of drug-likeness (QED) is 0.891. The number of likely N-dealkylation sites (tertiary alicyclic amines) is 1. The van der Waals surface area contributed by atoms with Gasteiger partial charge in [0.05, 0.1) is 0 Å². The molecule has 2 N–H and O–H groups in total. The van der Waals surface area contributed by atoms with Crippen molar-refractivity contribution in [2.24, 2.45) is 11.7 Å². The van der Waals surface area contributed by atoms with Gasteiger partial charge in [0.15, 0.2) is 0 Å². The number of halogens is 2. The van der Waals surface area contributed by atoms with E-state index in [-0.39, 0.29) is 11.6 Å². The minimum absolute atomic E-state index is 0.0934. The lowest BCUT2D eigenvalue weighted by Crippen LogP contribution is -2.41. The van der Waals surface area contributed by atoms with Crippen LogP contribution in [0.5, 0.6) is 0 Å². The summed E-state index contributed by atoms with van der Waals surface area (Å²) in [6.07, 6.45) is 1.00. The standard InChI is InChI=1S/C16H24F2N2/c1-2-9-20-10-3-4-14(11-19)15(20)12-5-7-13(8-6-12)16(17)18/h5-8,14-16H,2-4,9-11,19H2,1H3. The Hall–Kier alpha value is -1.00. The van der Waals surface area contributed by atoms with E-state index in [1.165, 1.54) is 6.42 Å². The first-order chi connectivity index (χ1) is 9.67. The first kappa shape index (κ1) is 15.4. The molecule has 1 saturated heterocycles. The molecule has 0 aliphatic carbocycles. The topological polar surface area (TPSA) is 29.3 Å². The van der Waals surface area contributed by atoms with Gasteiger partial charge in [0, 0.05) is 11.6 Å². The molecule has 0 amide bonds. The van der Waals surface area contributed by atoms with E-state index in [2.05, 4.69) is 11.8 Å². The predicted molar refractivity (Wildman–Crippen MR) is 77.8 cm³/mol. The van der Waals surface area contributed by atoms with Gasteiger partial charge in [0.25, 0.3) is 6.43 Å². The number of rotatable bonds is 5. The Balaban J connectivity index is 2.23. The third-order valence-corrected chi connectivity index (χ3v) is 4.20. The van der Waals surface area contributed by atoms with Crippen molar-refractivity contribution in [1.29, 1.82) is 0 Å². The van der Waals surface area contributed by atoms with Crippen molar-refractivity contribution in [3.05, 3.63) is 35.4 Å². The number of hydrogen-bond donors (Lipinski definition) is 1. The van der Waals surface area contributed by atoms with Crippen molar-refractivity contribution in [2.45, 2.75) is 38.7 Å². The molecule has 1 heterocycles. The molecule has 0 spiro atoms. The van der Waals surface area contributed by atoms with Crippen molar-refractivity contribution >= 4 is 0 Å². The Labute approximate surface area is 120 Å². The Morgan fingerprint density at radius 3 is 2.55 bits per heavy atom. The highest BCUT2D eigenvalue weighted by Gasteiger charge is 2.31. The number of hydrogen-bond acceptors (Lipinski definition) is 2. The molecule has 2 unspecified atom stereocenters. The Morgan fingerprint density at radius 2 is 2.00 bits per heavy atom. The van der Waals surface area contributed by atoms with Crippen LogP contribution in [0, 0.1) is 5.92 Å². The molecule has 1 fully saturated rings. The van der Waals surface area contributed by atoms with Gasteiger partial charge in [-0.2, -0.15) is 0 Å². The molecule has 20 heavy (non-hydrogen) atoms. The second-order valence-corrected chi connectivity index (χ2v) is 5.59. The maximum atomic E-state index is 12.7. The second kappa shape index (κ2) is 7.14. The van der Waals surface area contributed by atoms with Crippen molar-refractivity contribution in [1.82, 2.24) is 4.90 Å². The summed E-state index contributed by atoms with van der Waals surface area (Å²) in [7, 11) is 0. The highest BCUT2D eigenvalue weighted by Crippen LogP contribution is 2.36. The fraction of sp³-hybridized carbons (Fsp3) is 0.625. The third-order valence-electron chi connectivity index (χ3n) is 4.20. The molecule has 2 rings (SSSR count). The van der Waals surface area contributed by atoms with Crippen LogP contribution in [0.4, 0.5) is 8.78 Å². The summed E-state index contributed by atoms with van der Waals surface area (Å²) in [5.74, 6) is 0.424. The number of alkyl halides is 2. The van der Waals surface area contributed by atoms with Gasteiger partial charge in [-0.25, -0.2) is 8.78 Å². The van der Waals surface area contributed by atoms with Crippen LogP contribution in [-0.4, -0.2) is 24.5 Å². The van der Waals surface area contributed by atoms with E-state index in [4.69, 9.17) is 5.73 Å². The summed E-state index contributed by atoms with van der Waals surface area (Å²) >= 11 is 0. The van der Waals surface area contributed by atoms with Crippen LogP contribution in [0.25, 0.3) is 0 Å². The molecule has 0 bridgehead atoms. The zero-order valence-corrected chi connectivity index (χ0v) is 12.1. The minimum atomic E-state index is -2.40. The van der Waals surface area contributed by atoms with Crippen LogP contribution in [-0.2, 0) is 0 Å². The molecule has 2 atom stereocenters. The van der Waals surface area contributed by atoms with Gasteiger partial charge in [-0.15, -0.1) is 0 Å². The molecular formula is C16H24F2N2. The highest BCUT2D eigenvalue weighted by molar-refractivity contribution is 5.26. The van der Waals surface area contributed by atoms with Crippen LogP contribution in [0.3, 0.4) is 0 Å². The number of nitrogens with zero attached hydrogens (tertiary/aromatic N) is 1. The molecule has 1 aromatic carbocycles. The summed E-state index contributed by atoms with van der Waals surface area (Å²) in [6, 6.07) is 7.07. The van der Waals surface area contributed by atoms with Gasteiger partial charge in [-0.1, -0.05) is 31.2 Å². The third kappa shape index (κ3) is 3.36. The van der Waals surface area contributed by atoms with E-state index < -0.39 is 6.43 Å². The molecule has 0 radical (unpaired) electrons. The van der Waals surface area contributed by atoms with E-state index >= 15 is 0 Å². The van der Waals surface area contributed by atoms with E-state index in [0.717, 1.165) is 31.5 Å². The van der Waals surface area contributed by atoms with Crippen molar-refractivity contribution in [3.63, 3.8) is 0 Å². The van der Waals surface area contributed by atoms with Gasteiger partial charge in [0.2, 0.25) is 0 Å². The summed E-state index contributed by atoms with van der Waals surface area (Å²) in [5, 5.41) is 0. The van der Waals surface area contributed by atoms with Crippen LogP contribution in [0.1, 0.15) is 49.8 Å². The number of piperidine rings is 1. The zero-order chi connectivity index (χ0) is 14.5. The molecular weight excluding hydrogens is 258 g/mol. The molecule has 1 aromatic rings. The van der Waals surface area contributed by atoms with Gasteiger partial charge >= 0.3 is 0 Å². The average Bonchev–Trinajstić information content (AvgIpc) is 2.47. The van der Waals surface area contributed by atoms with E-state index in [1.807, 2.05) is 12.1 Å². The molecule has 1 aliphatic heterocycles. The molecule has 2 nitrogen and oxygen atoms in total. The lowest BCUT2D eigenvalue weighted by Gasteiger charge is -2.41. The normalized spacial score (nSPS) is 24.2. The maximum Gasteiger partial charge on any atom is 0.263 e. The lowest BCUT2D eigenvalue weighted by molar-refractivity contribution is 0.0959. The van der Waals surface area contributed by atoms with Gasteiger partial charge < -0.3 is 5.73 Å². The van der Waals surface area contributed by atoms with E-state index in [0.29, 0.717) is 12.5 Å². The lowest BCUT2D eigenvalue weighted by atomic mass is 9.84. The van der Waals surface area contributed by atoms with Gasteiger partial charge in [-0.05, 0) is 50.4 Å². The summed E-state index contributed by atoms with van der Waals surface area (Å²) < 4.78 is 25.3. The first-order valence-corrected chi connectivity index (χ1v) is 7.49. The van der Waals surface area contributed by atoms with Crippen LogP contribution < -0.4 is 5.73 Å². The largest absolute Gasteiger partial charge is 0.330 e. The summed E-state index contributed by atoms with van der Waals surface area (Å²) in [6.45, 7) is 4.94.